The molecule has 0 heterocycles. The predicted molar refractivity (Wildman–Crippen MR) is 71.3 cm³/mol. The molecule has 1 rings (SSSR count). The molecule has 0 aliphatic carbocycles. The van der Waals surface area contributed by atoms with Crippen LogP contribution in [0.4, 0.5) is 0 Å². The molecule has 0 spiro atoms. The SMILES string of the molecule is CN(C)/C=C(/C=[N+](C)C)c1ccccc1Cl. The number of allylic oxidation sites excluding steroid dienone is 1. The second kappa shape index (κ2) is 5.71. The van der Waals surface area contributed by atoms with E-state index in [0.717, 1.165) is 16.2 Å². The first-order chi connectivity index (χ1) is 7.50. The fourth-order valence-corrected chi connectivity index (χ4v) is 1.67. The van der Waals surface area contributed by atoms with Gasteiger partial charge in [0.2, 0.25) is 0 Å². The van der Waals surface area contributed by atoms with Crippen molar-refractivity contribution < 1.29 is 4.58 Å². The van der Waals surface area contributed by atoms with Crippen molar-refractivity contribution >= 4 is 23.4 Å². The lowest BCUT2D eigenvalue weighted by atomic mass is 10.1. The van der Waals surface area contributed by atoms with Gasteiger partial charge in [-0.25, -0.2) is 4.58 Å². The molecule has 0 atom stereocenters. The van der Waals surface area contributed by atoms with Crippen LogP contribution in [0.3, 0.4) is 0 Å². The molecule has 0 aliphatic heterocycles. The molecule has 0 aromatic heterocycles. The average molecular weight is 238 g/mol. The Bertz CT molecular complexity index is 416. The zero-order valence-corrected chi connectivity index (χ0v) is 11.0. The van der Waals surface area contributed by atoms with Crippen molar-refractivity contribution in [2.75, 3.05) is 28.2 Å². The second-order valence-corrected chi connectivity index (χ2v) is 4.53. The summed E-state index contributed by atoms with van der Waals surface area (Å²) in [6, 6.07) is 7.87. The Hall–Kier alpha value is -1.28. The van der Waals surface area contributed by atoms with Gasteiger partial charge in [0, 0.05) is 30.9 Å². The van der Waals surface area contributed by atoms with Crippen LogP contribution in [0.1, 0.15) is 5.56 Å². The fourth-order valence-electron chi connectivity index (χ4n) is 1.42. The lowest BCUT2D eigenvalue weighted by Gasteiger charge is -2.09. The van der Waals surface area contributed by atoms with Gasteiger partial charge in [-0.1, -0.05) is 29.8 Å². The van der Waals surface area contributed by atoms with Crippen LogP contribution in [0.25, 0.3) is 5.57 Å². The molecule has 0 saturated heterocycles. The van der Waals surface area contributed by atoms with Crippen LogP contribution in [0.2, 0.25) is 5.02 Å². The van der Waals surface area contributed by atoms with Crippen LogP contribution in [0.5, 0.6) is 0 Å². The van der Waals surface area contributed by atoms with Gasteiger partial charge in [-0.2, -0.15) is 0 Å². The van der Waals surface area contributed by atoms with Crippen LogP contribution < -0.4 is 0 Å². The van der Waals surface area contributed by atoms with E-state index in [1.165, 1.54) is 0 Å². The summed E-state index contributed by atoms with van der Waals surface area (Å²) in [5.41, 5.74) is 2.15. The summed E-state index contributed by atoms with van der Waals surface area (Å²) in [4.78, 5) is 2.01. The molecule has 1 aromatic rings. The Labute approximate surface area is 102 Å². The summed E-state index contributed by atoms with van der Waals surface area (Å²) >= 11 is 6.19. The van der Waals surface area contributed by atoms with Gasteiger partial charge >= 0.3 is 0 Å². The Morgan fingerprint density at radius 2 is 1.88 bits per heavy atom. The van der Waals surface area contributed by atoms with Crippen LogP contribution in [-0.2, 0) is 0 Å². The number of benzene rings is 1. The van der Waals surface area contributed by atoms with Gasteiger partial charge in [0.25, 0.3) is 0 Å². The first kappa shape index (κ1) is 12.8. The molecule has 0 radical (unpaired) electrons. The van der Waals surface area contributed by atoms with Crippen molar-refractivity contribution in [1.82, 2.24) is 4.90 Å². The topological polar surface area (TPSA) is 6.25 Å². The minimum Gasteiger partial charge on any atom is -0.383 e. The van der Waals surface area contributed by atoms with Gasteiger partial charge in [-0.3, -0.25) is 0 Å². The molecule has 0 saturated carbocycles. The monoisotopic (exact) mass is 237 g/mol. The van der Waals surface area contributed by atoms with E-state index in [2.05, 4.69) is 12.4 Å². The Morgan fingerprint density at radius 1 is 1.25 bits per heavy atom. The number of halogens is 1. The molecule has 1 aromatic carbocycles. The molecule has 0 N–H and O–H groups in total. The molecule has 2 nitrogen and oxygen atoms in total. The minimum atomic E-state index is 0.772. The van der Waals surface area contributed by atoms with Crippen LogP contribution in [-0.4, -0.2) is 43.9 Å². The Morgan fingerprint density at radius 3 is 2.38 bits per heavy atom. The highest BCUT2D eigenvalue weighted by Gasteiger charge is 2.07. The van der Waals surface area contributed by atoms with E-state index in [1.54, 1.807) is 0 Å². The fraction of sp³-hybridized carbons (Fsp3) is 0.308. The van der Waals surface area contributed by atoms with Crippen LogP contribution in [0.15, 0.2) is 30.5 Å². The molecule has 0 amide bonds. The molecule has 0 fully saturated rings. The van der Waals surface area contributed by atoms with Crippen molar-refractivity contribution in [1.29, 1.82) is 0 Å². The van der Waals surface area contributed by atoms with Crippen molar-refractivity contribution in [3.8, 4) is 0 Å². The zero-order chi connectivity index (χ0) is 12.1. The minimum absolute atomic E-state index is 0.772. The molecule has 0 aliphatic rings. The third-order valence-corrected chi connectivity index (χ3v) is 2.31. The molecule has 16 heavy (non-hydrogen) atoms. The van der Waals surface area contributed by atoms with E-state index in [9.17, 15) is 0 Å². The normalized spacial score (nSPS) is 11.2. The number of rotatable bonds is 3. The maximum atomic E-state index is 6.19. The maximum absolute atomic E-state index is 6.19. The molecule has 0 unspecified atom stereocenters. The quantitative estimate of drug-likeness (QED) is 0.579. The largest absolute Gasteiger partial charge is 0.383 e. The van der Waals surface area contributed by atoms with Crippen molar-refractivity contribution in [2.45, 2.75) is 0 Å². The van der Waals surface area contributed by atoms with Gasteiger partial charge in [0.1, 0.15) is 14.1 Å². The highest BCUT2D eigenvalue weighted by Crippen LogP contribution is 2.22. The smallest absolute Gasteiger partial charge is 0.172 e. The number of hydrogen-bond acceptors (Lipinski definition) is 1. The summed E-state index contributed by atoms with van der Waals surface area (Å²) in [5.74, 6) is 0. The molecule has 0 bridgehead atoms. The lowest BCUT2D eigenvalue weighted by Crippen LogP contribution is -2.07. The summed E-state index contributed by atoms with van der Waals surface area (Å²) < 4.78 is 2.01. The van der Waals surface area contributed by atoms with E-state index in [4.69, 9.17) is 11.6 Å². The summed E-state index contributed by atoms with van der Waals surface area (Å²) in [6.45, 7) is 0. The van der Waals surface area contributed by atoms with Gasteiger partial charge < -0.3 is 4.90 Å². The van der Waals surface area contributed by atoms with Crippen molar-refractivity contribution in [3.63, 3.8) is 0 Å². The van der Waals surface area contributed by atoms with E-state index < -0.39 is 0 Å². The average Bonchev–Trinajstić information content (AvgIpc) is 2.15. The van der Waals surface area contributed by atoms with E-state index in [1.807, 2.05) is 61.9 Å². The predicted octanol–water partition coefficient (Wildman–Crippen LogP) is 2.59. The summed E-state index contributed by atoms with van der Waals surface area (Å²) in [7, 11) is 8.00. The highest BCUT2D eigenvalue weighted by molar-refractivity contribution is 6.33. The van der Waals surface area contributed by atoms with Gasteiger partial charge in [0.05, 0.1) is 5.57 Å². The Kier molecular flexibility index (Phi) is 4.56. The standard InChI is InChI=1S/C13H18ClN2/c1-15(2)9-11(10-16(3)4)12-7-5-6-8-13(12)14/h5-10H,1-4H3/q+1. The number of nitrogens with zero attached hydrogens (tertiary/aromatic N) is 2. The first-order valence-electron chi connectivity index (χ1n) is 5.15. The Balaban J connectivity index is 3.23. The number of hydrogen-bond donors (Lipinski definition) is 0. The third kappa shape index (κ3) is 3.70. The molecular weight excluding hydrogens is 220 g/mol. The van der Waals surface area contributed by atoms with Gasteiger partial charge in [0.15, 0.2) is 6.21 Å². The van der Waals surface area contributed by atoms with Crippen molar-refractivity contribution in [2.24, 2.45) is 0 Å². The maximum Gasteiger partial charge on any atom is 0.172 e. The summed E-state index contributed by atoms with van der Waals surface area (Å²) in [5, 5.41) is 0.772. The second-order valence-electron chi connectivity index (χ2n) is 4.12. The lowest BCUT2D eigenvalue weighted by molar-refractivity contribution is -0.458. The van der Waals surface area contributed by atoms with Gasteiger partial charge in [-0.15, -0.1) is 0 Å². The van der Waals surface area contributed by atoms with Gasteiger partial charge in [-0.05, 0) is 6.07 Å². The third-order valence-electron chi connectivity index (χ3n) is 1.98. The first-order valence-corrected chi connectivity index (χ1v) is 5.53. The van der Waals surface area contributed by atoms with E-state index in [-0.39, 0.29) is 0 Å². The van der Waals surface area contributed by atoms with Crippen molar-refractivity contribution in [3.05, 3.63) is 41.1 Å². The molecule has 3 heteroatoms. The van der Waals surface area contributed by atoms with Crippen LogP contribution >= 0.6 is 11.6 Å². The van der Waals surface area contributed by atoms with Crippen LogP contribution in [0, 0.1) is 0 Å². The van der Waals surface area contributed by atoms with E-state index >= 15 is 0 Å². The summed E-state index contributed by atoms with van der Waals surface area (Å²) in [6.07, 6.45) is 4.11. The zero-order valence-electron chi connectivity index (χ0n) is 10.2. The van der Waals surface area contributed by atoms with E-state index in [0.29, 0.717) is 0 Å². The highest BCUT2D eigenvalue weighted by atomic mass is 35.5. The molecular formula is C13H18ClN2+. The molecule has 86 valence electrons.